The summed E-state index contributed by atoms with van der Waals surface area (Å²) in [6, 6.07) is 72.7. The smallest absolute Gasteiger partial charge is 0.0544 e. The fraction of sp³-hybridized carbons (Fsp3) is 0.100. The van der Waals surface area contributed by atoms with E-state index in [9.17, 15) is 0 Å². The van der Waals surface area contributed by atoms with Crippen molar-refractivity contribution in [3.63, 3.8) is 0 Å². The summed E-state index contributed by atoms with van der Waals surface area (Å²) in [4.78, 5) is 0. The highest BCUT2D eigenvalue weighted by atomic mass is 15.0. The van der Waals surface area contributed by atoms with E-state index in [1.54, 1.807) is 0 Å². The van der Waals surface area contributed by atoms with Gasteiger partial charge in [0.2, 0.25) is 0 Å². The largest absolute Gasteiger partial charge is 0.309 e. The van der Waals surface area contributed by atoms with E-state index in [-0.39, 0.29) is 10.8 Å². The molecule has 9 aromatic carbocycles. The maximum atomic E-state index is 2.47. The van der Waals surface area contributed by atoms with E-state index in [1.807, 2.05) is 0 Å². The molecule has 294 valence electrons. The predicted molar refractivity (Wildman–Crippen MR) is 261 cm³/mol. The van der Waals surface area contributed by atoms with Crippen molar-refractivity contribution in [2.75, 3.05) is 0 Å². The number of hydrogen-bond donors (Lipinski definition) is 0. The summed E-state index contributed by atoms with van der Waals surface area (Å²) in [5, 5.41) is 5.12. The van der Waals surface area contributed by atoms with Crippen molar-refractivity contribution in [3.05, 3.63) is 216 Å². The lowest BCUT2D eigenvalue weighted by molar-refractivity contribution is 0.661. The number of nitrogens with zero attached hydrogens (tertiary/aromatic N) is 2. The Kier molecular flexibility index (Phi) is 7.16. The van der Waals surface area contributed by atoms with E-state index < -0.39 is 0 Å². The van der Waals surface area contributed by atoms with Gasteiger partial charge in [-0.25, -0.2) is 0 Å². The number of benzene rings is 9. The molecule has 2 heterocycles. The molecule has 0 aliphatic heterocycles. The Balaban J connectivity index is 0.943. The van der Waals surface area contributed by atoms with Crippen molar-refractivity contribution < 1.29 is 0 Å². The van der Waals surface area contributed by atoms with Crippen molar-refractivity contribution in [1.82, 2.24) is 9.13 Å². The van der Waals surface area contributed by atoms with Gasteiger partial charge in [-0.05, 0) is 140 Å². The Morgan fingerprint density at radius 3 is 1.05 bits per heavy atom. The van der Waals surface area contributed by atoms with Crippen molar-refractivity contribution in [1.29, 1.82) is 0 Å². The first kappa shape index (κ1) is 35.3. The van der Waals surface area contributed by atoms with Crippen molar-refractivity contribution >= 4 is 43.6 Å². The topological polar surface area (TPSA) is 9.86 Å². The van der Waals surface area contributed by atoms with E-state index in [4.69, 9.17) is 0 Å². The third kappa shape index (κ3) is 4.81. The molecule has 13 rings (SSSR count). The third-order valence-corrected chi connectivity index (χ3v) is 14.5. The molecule has 0 saturated carbocycles. The van der Waals surface area contributed by atoms with Crippen LogP contribution in [0.2, 0.25) is 0 Å². The molecule has 0 amide bonds. The minimum atomic E-state index is -0.0715. The Morgan fingerprint density at radius 2 is 0.629 bits per heavy atom. The molecule has 0 bridgehead atoms. The van der Waals surface area contributed by atoms with Crippen LogP contribution in [0, 0.1) is 0 Å². The molecule has 2 aliphatic carbocycles. The lowest BCUT2D eigenvalue weighted by Gasteiger charge is -2.21. The van der Waals surface area contributed by atoms with E-state index in [0.717, 1.165) is 0 Å². The van der Waals surface area contributed by atoms with E-state index >= 15 is 0 Å². The monoisotopic (exact) mass is 792 g/mol. The van der Waals surface area contributed by atoms with Crippen LogP contribution in [0.15, 0.2) is 194 Å². The first-order valence-corrected chi connectivity index (χ1v) is 21.9. The Labute approximate surface area is 362 Å². The molecule has 0 atom stereocenters. The van der Waals surface area contributed by atoms with Gasteiger partial charge >= 0.3 is 0 Å². The SMILES string of the molecule is CC1(C)c2ccccc2-c2cc3c4cc(-c5ccc(-c6ccc7c(c6)c6cc8c(cc6n7-c6ccccc6)C(C)(C)c6ccccc6-8)cc5)ccc4n(-c4ccccc4)c3cc21. The maximum absolute atomic E-state index is 2.47. The van der Waals surface area contributed by atoms with Crippen LogP contribution < -0.4 is 0 Å². The van der Waals surface area contributed by atoms with Crippen molar-refractivity contribution in [2.24, 2.45) is 0 Å². The van der Waals surface area contributed by atoms with Crippen molar-refractivity contribution in [3.8, 4) is 55.9 Å². The van der Waals surface area contributed by atoms with Crippen LogP contribution in [0.5, 0.6) is 0 Å². The zero-order chi connectivity index (χ0) is 41.5. The molecule has 0 fully saturated rings. The highest BCUT2D eigenvalue weighted by Crippen LogP contribution is 2.53. The van der Waals surface area contributed by atoms with E-state index in [1.165, 1.54) is 122 Å². The highest BCUT2D eigenvalue weighted by Gasteiger charge is 2.37. The second-order valence-electron chi connectivity index (χ2n) is 18.6. The Morgan fingerprint density at radius 1 is 0.274 bits per heavy atom. The van der Waals surface area contributed by atoms with E-state index in [2.05, 4.69) is 231 Å². The maximum Gasteiger partial charge on any atom is 0.0544 e. The minimum Gasteiger partial charge on any atom is -0.309 e. The summed E-state index contributed by atoms with van der Waals surface area (Å²) in [5.74, 6) is 0. The van der Waals surface area contributed by atoms with Gasteiger partial charge in [-0.15, -0.1) is 0 Å². The number of para-hydroxylation sites is 2. The molecule has 0 spiro atoms. The molecule has 0 N–H and O–H groups in total. The molecule has 62 heavy (non-hydrogen) atoms. The molecular formula is C60H44N2. The number of aromatic nitrogens is 2. The van der Waals surface area contributed by atoms with Gasteiger partial charge < -0.3 is 9.13 Å². The molecule has 0 unspecified atom stereocenters. The van der Waals surface area contributed by atoms with Gasteiger partial charge in [-0.1, -0.05) is 149 Å². The summed E-state index contributed by atoms with van der Waals surface area (Å²) in [6.07, 6.45) is 0. The second-order valence-corrected chi connectivity index (χ2v) is 18.6. The summed E-state index contributed by atoms with van der Waals surface area (Å²) < 4.78 is 4.91. The van der Waals surface area contributed by atoms with Gasteiger partial charge in [0.25, 0.3) is 0 Å². The number of hydrogen-bond acceptors (Lipinski definition) is 0. The molecular weight excluding hydrogens is 749 g/mol. The zero-order valence-corrected chi connectivity index (χ0v) is 35.4. The lowest BCUT2D eigenvalue weighted by atomic mass is 9.82. The normalized spacial score (nSPS) is 14.4. The van der Waals surface area contributed by atoms with Crippen LogP contribution in [0.3, 0.4) is 0 Å². The molecule has 0 radical (unpaired) electrons. The molecule has 2 nitrogen and oxygen atoms in total. The number of rotatable bonds is 4. The van der Waals surface area contributed by atoms with Crippen LogP contribution >= 0.6 is 0 Å². The lowest BCUT2D eigenvalue weighted by Crippen LogP contribution is -2.14. The fourth-order valence-corrected chi connectivity index (χ4v) is 11.4. The molecule has 2 aromatic heterocycles. The Hall–Kier alpha value is -7.42. The molecule has 0 saturated heterocycles. The Bertz CT molecular complexity index is 3410. The van der Waals surface area contributed by atoms with Crippen LogP contribution in [-0.2, 0) is 10.8 Å². The minimum absolute atomic E-state index is 0.0715. The van der Waals surface area contributed by atoms with Gasteiger partial charge in [-0.3, -0.25) is 0 Å². The second kappa shape index (κ2) is 12.6. The fourth-order valence-electron chi connectivity index (χ4n) is 11.4. The predicted octanol–water partition coefficient (Wildman–Crippen LogP) is 15.8. The molecule has 2 aliphatic rings. The van der Waals surface area contributed by atoms with Crippen LogP contribution in [0.25, 0.3) is 99.5 Å². The van der Waals surface area contributed by atoms with Gasteiger partial charge in [0.1, 0.15) is 0 Å². The molecule has 11 aromatic rings. The highest BCUT2D eigenvalue weighted by molar-refractivity contribution is 6.14. The molecule has 2 heteroatoms. The van der Waals surface area contributed by atoms with Crippen LogP contribution in [0.4, 0.5) is 0 Å². The average molecular weight is 793 g/mol. The van der Waals surface area contributed by atoms with Crippen LogP contribution in [0.1, 0.15) is 49.9 Å². The van der Waals surface area contributed by atoms with Gasteiger partial charge in [0.15, 0.2) is 0 Å². The van der Waals surface area contributed by atoms with E-state index in [0.29, 0.717) is 0 Å². The first-order valence-electron chi connectivity index (χ1n) is 21.9. The standard InChI is InChI=1S/C60H44N2/c1-59(2)51-21-13-11-19-43(51)45-33-49-47-31-39(27-29-55(47)61(57(49)35-53(45)59)41-15-7-5-8-16-41)37-23-25-38(26-24-37)40-28-30-56-48(32-40)50-34-46-44-20-12-14-22-52(44)60(3,4)54(46)36-58(50)62(56)42-17-9-6-10-18-42/h5-36H,1-4H3. The summed E-state index contributed by atoms with van der Waals surface area (Å²) >= 11 is 0. The van der Waals surface area contributed by atoms with Gasteiger partial charge in [0, 0.05) is 43.7 Å². The summed E-state index contributed by atoms with van der Waals surface area (Å²) in [6.45, 7) is 9.47. The number of fused-ring (bicyclic) bond motifs is 12. The van der Waals surface area contributed by atoms with Crippen LogP contribution in [-0.4, -0.2) is 9.13 Å². The first-order chi connectivity index (χ1) is 30.3. The van der Waals surface area contributed by atoms with Gasteiger partial charge in [-0.2, -0.15) is 0 Å². The average Bonchev–Trinajstić information content (AvgIpc) is 3.96. The zero-order valence-electron chi connectivity index (χ0n) is 35.4. The summed E-state index contributed by atoms with van der Waals surface area (Å²) in [5.41, 5.74) is 23.0. The third-order valence-electron chi connectivity index (χ3n) is 14.5. The van der Waals surface area contributed by atoms with Gasteiger partial charge in [0.05, 0.1) is 22.1 Å². The summed E-state index contributed by atoms with van der Waals surface area (Å²) in [7, 11) is 0. The van der Waals surface area contributed by atoms with Crippen molar-refractivity contribution in [2.45, 2.75) is 38.5 Å². The quantitative estimate of drug-likeness (QED) is 0.168.